The molecule has 4 heterocycles. The van der Waals surface area contributed by atoms with Gasteiger partial charge in [-0.15, -0.1) is 15.3 Å². The molecule has 25 heavy (non-hydrogen) atoms. The highest BCUT2D eigenvalue weighted by atomic mass is 32.1. The quantitative estimate of drug-likeness (QED) is 0.653. The van der Waals surface area contributed by atoms with Crippen LogP contribution in [-0.4, -0.2) is 71.5 Å². The van der Waals surface area contributed by atoms with E-state index in [0.717, 1.165) is 17.4 Å². The predicted octanol–water partition coefficient (Wildman–Crippen LogP) is 0.180. The highest BCUT2D eigenvalue weighted by Crippen LogP contribution is 2.17. The highest BCUT2D eigenvalue weighted by Gasteiger charge is 2.25. The number of aromatic nitrogens is 7. The Morgan fingerprint density at radius 2 is 1.84 bits per heavy atom. The molecular formula is C14H15N9OS. The van der Waals surface area contributed by atoms with E-state index in [4.69, 9.17) is 0 Å². The Morgan fingerprint density at radius 3 is 2.44 bits per heavy atom. The molecule has 0 aromatic carbocycles. The van der Waals surface area contributed by atoms with Crippen molar-refractivity contribution in [3.05, 3.63) is 35.4 Å². The summed E-state index contributed by atoms with van der Waals surface area (Å²) < 4.78 is 5.39. The van der Waals surface area contributed by atoms with Gasteiger partial charge in [0.1, 0.15) is 17.5 Å². The highest BCUT2D eigenvalue weighted by molar-refractivity contribution is 7.07. The summed E-state index contributed by atoms with van der Waals surface area (Å²) in [6.07, 6.45) is 3.02. The normalized spacial score (nSPS) is 14.8. The summed E-state index contributed by atoms with van der Waals surface area (Å²) in [5.74, 6) is 1.40. The Morgan fingerprint density at radius 1 is 1.08 bits per heavy atom. The van der Waals surface area contributed by atoms with Gasteiger partial charge in [-0.1, -0.05) is 4.49 Å². The summed E-state index contributed by atoms with van der Waals surface area (Å²) >= 11 is 1.15. The van der Waals surface area contributed by atoms with Gasteiger partial charge in [0.25, 0.3) is 5.91 Å². The van der Waals surface area contributed by atoms with Gasteiger partial charge < -0.3 is 9.80 Å². The van der Waals surface area contributed by atoms with Crippen LogP contribution in [0.15, 0.2) is 24.8 Å². The van der Waals surface area contributed by atoms with E-state index in [2.05, 4.69) is 34.8 Å². The van der Waals surface area contributed by atoms with E-state index in [1.807, 2.05) is 17.0 Å². The lowest BCUT2D eigenvalue weighted by Crippen LogP contribution is -2.49. The summed E-state index contributed by atoms with van der Waals surface area (Å²) in [5.41, 5.74) is 0.687. The van der Waals surface area contributed by atoms with E-state index in [0.29, 0.717) is 42.6 Å². The van der Waals surface area contributed by atoms with Crippen LogP contribution in [0, 0.1) is 6.92 Å². The van der Waals surface area contributed by atoms with Crippen molar-refractivity contribution in [1.82, 2.24) is 39.4 Å². The van der Waals surface area contributed by atoms with E-state index >= 15 is 0 Å². The molecule has 3 aromatic rings. The van der Waals surface area contributed by atoms with Gasteiger partial charge in [0, 0.05) is 26.2 Å². The van der Waals surface area contributed by atoms with Crippen LogP contribution < -0.4 is 4.90 Å². The third kappa shape index (κ3) is 3.05. The first-order valence-corrected chi connectivity index (χ1v) is 8.51. The maximum absolute atomic E-state index is 12.5. The molecule has 10 nitrogen and oxygen atoms in total. The molecule has 1 aliphatic heterocycles. The predicted molar refractivity (Wildman–Crippen MR) is 89.7 cm³/mol. The summed E-state index contributed by atoms with van der Waals surface area (Å²) in [4.78, 5) is 20.9. The molecule has 0 aliphatic carbocycles. The standard InChI is InChI=1S/C14H15N9OS/c1-10-13(25-20-17-10)14(24)22-6-4-21(5-7-22)11-2-3-12(19-18-11)23-9-15-8-16-23/h2-3,8-9H,4-7H2,1H3. The van der Waals surface area contributed by atoms with E-state index < -0.39 is 0 Å². The molecule has 0 radical (unpaired) electrons. The van der Waals surface area contributed by atoms with Crippen LogP contribution in [0.4, 0.5) is 5.82 Å². The number of amides is 1. The van der Waals surface area contributed by atoms with Crippen LogP contribution in [0.5, 0.6) is 0 Å². The first-order valence-electron chi connectivity index (χ1n) is 7.74. The SMILES string of the molecule is Cc1nnsc1C(=O)N1CCN(c2ccc(-n3cncn3)nn2)CC1. The van der Waals surface area contributed by atoms with Gasteiger partial charge in [-0.25, -0.2) is 9.67 Å². The average Bonchev–Trinajstić information content (AvgIpc) is 3.33. The lowest BCUT2D eigenvalue weighted by Gasteiger charge is -2.34. The van der Waals surface area contributed by atoms with Crippen molar-refractivity contribution in [3.63, 3.8) is 0 Å². The molecule has 1 fully saturated rings. The van der Waals surface area contributed by atoms with Crippen LogP contribution >= 0.6 is 11.5 Å². The van der Waals surface area contributed by atoms with Crippen molar-refractivity contribution < 1.29 is 4.79 Å². The number of aryl methyl sites for hydroxylation is 1. The topological polar surface area (TPSA) is 106 Å². The Kier molecular flexibility index (Phi) is 4.06. The van der Waals surface area contributed by atoms with E-state index in [1.165, 1.54) is 6.33 Å². The molecular weight excluding hydrogens is 342 g/mol. The number of nitrogens with zero attached hydrogens (tertiary/aromatic N) is 9. The zero-order valence-corrected chi connectivity index (χ0v) is 14.3. The Labute approximate surface area is 147 Å². The van der Waals surface area contributed by atoms with Crippen molar-refractivity contribution in [2.24, 2.45) is 0 Å². The molecule has 128 valence electrons. The van der Waals surface area contributed by atoms with Crippen LogP contribution in [-0.2, 0) is 0 Å². The summed E-state index contributed by atoms with van der Waals surface area (Å²) in [6.45, 7) is 4.47. The van der Waals surface area contributed by atoms with Crippen molar-refractivity contribution in [3.8, 4) is 5.82 Å². The summed E-state index contributed by atoms with van der Waals surface area (Å²) in [7, 11) is 0. The van der Waals surface area contributed by atoms with Gasteiger partial charge in [-0.3, -0.25) is 4.79 Å². The largest absolute Gasteiger partial charge is 0.352 e. The number of rotatable bonds is 3. The smallest absolute Gasteiger partial charge is 0.267 e. The van der Waals surface area contributed by atoms with Gasteiger partial charge in [0.05, 0.1) is 5.69 Å². The van der Waals surface area contributed by atoms with E-state index in [-0.39, 0.29) is 5.91 Å². The molecule has 0 spiro atoms. The number of carbonyl (C=O) groups excluding carboxylic acids is 1. The van der Waals surface area contributed by atoms with Crippen LogP contribution in [0.2, 0.25) is 0 Å². The Balaban J connectivity index is 1.40. The maximum Gasteiger partial charge on any atom is 0.267 e. The third-order valence-corrected chi connectivity index (χ3v) is 4.84. The fourth-order valence-electron chi connectivity index (χ4n) is 2.65. The molecule has 0 N–H and O–H groups in total. The molecule has 1 amide bonds. The molecule has 1 aliphatic rings. The monoisotopic (exact) mass is 357 g/mol. The third-order valence-electron chi connectivity index (χ3n) is 4.03. The minimum Gasteiger partial charge on any atom is -0.352 e. The van der Waals surface area contributed by atoms with Gasteiger partial charge in [-0.05, 0) is 30.6 Å². The molecule has 0 saturated carbocycles. The lowest BCUT2D eigenvalue weighted by atomic mass is 10.2. The van der Waals surface area contributed by atoms with Crippen molar-refractivity contribution >= 4 is 23.3 Å². The fraction of sp³-hybridized carbons (Fsp3) is 0.357. The lowest BCUT2D eigenvalue weighted by molar-refractivity contribution is 0.0750. The fourth-order valence-corrected chi connectivity index (χ4v) is 3.27. The van der Waals surface area contributed by atoms with Crippen molar-refractivity contribution in [2.45, 2.75) is 6.92 Å². The first-order chi connectivity index (χ1) is 12.2. The van der Waals surface area contributed by atoms with Gasteiger partial charge in [0.15, 0.2) is 11.6 Å². The van der Waals surface area contributed by atoms with Crippen molar-refractivity contribution in [2.75, 3.05) is 31.1 Å². The second-order valence-electron chi connectivity index (χ2n) is 5.56. The second kappa shape index (κ2) is 6.51. The number of hydrogen-bond donors (Lipinski definition) is 0. The van der Waals surface area contributed by atoms with Gasteiger partial charge >= 0.3 is 0 Å². The molecule has 1 saturated heterocycles. The Bertz CT molecular complexity index is 853. The zero-order valence-electron chi connectivity index (χ0n) is 13.5. The minimum absolute atomic E-state index is 0.000218. The molecule has 0 atom stereocenters. The number of piperazine rings is 1. The van der Waals surface area contributed by atoms with E-state index in [9.17, 15) is 4.79 Å². The molecule has 0 bridgehead atoms. The molecule has 11 heteroatoms. The van der Waals surface area contributed by atoms with Crippen LogP contribution in [0.25, 0.3) is 5.82 Å². The number of anilines is 1. The second-order valence-corrected chi connectivity index (χ2v) is 6.31. The summed E-state index contributed by atoms with van der Waals surface area (Å²) in [6, 6.07) is 3.75. The van der Waals surface area contributed by atoms with Crippen molar-refractivity contribution in [1.29, 1.82) is 0 Å². The van der Waals surface area contributed by atoms with Gasteiger partial charge in [-0.2, -0.15) is 5.10 Å². The van der Waals surface area contributed by atoms with Crippen LogP contribution in [0.3, 0.4) is 0 Å². The Hall–Kier alpha value is -2.95. The number of carbonyl (C=O) groups is 1. The van der Waals surface area contributed by atoms with Crippen LogP contribution in [0.1, 0.15) is 15.4 Å². The first kappa shape index (κ1) is 15.6. The summed E-state index contributed by atoms with van der Waals surface area (Å²) in [5, 5.41) is 16.4. The maximum atomic E-state index is 12.5. The minimum atomic E-state index is -0.000218. The molecule has 3 aromatic heterocycles. The average molecular weight is 357 g/mol. The molecule has 0 unspecified atom stereocenters. The van der Waals surface area contributed by atoms with Gasteiger partial charge in [0.2, 0.25) is 0 Å². The zero-order chi connectivity index (χ0) is 17.2. The van der Waals surface area contributed by atoms with E-state index in [1.54, 1.807) is 17.9 Å². The molecule has 4 rings (SSSR count). The number of hydrogen-bond acceptors (Lipinski definition) is 9.